The molecule has 0 atom stereocenters. The van der Waals surface area contributed by atoms with Crippen LogP contribution in [-0.2, 0) is 35.9 Å². The minimum atomic E-state index is -3.44. The summed E-state index contributed by atoms with van der Waals surface area (Å²) in [5, 5.41) is 1.75. The first-order valence-electron chi connectivity index (χ1n) is 9.41. The Balaban J connectivity index is 1.85. The van der Waals surface area contributed by atoms with E-state index in [0.29, 0.717) is 13.1 Å². The summed E-state index contributed by atoms with van der Waals surface area (Å²) in [4.78, 5) is 7.80. The Labute approximate surface area is 171 Å². The highest BCUT2D eigenvalue weighted by Crippen LogP contribution is 2.20. The maximum atomic E-state index is 12.8. The van der Waals surface area contributed by atoms with Crippen molar-refractivity contribution in [3.63, 3.8) is 0 Å². The fraction of sp³-hybridized carbons (Fsp3) is 0.381. The molecule has 5 nitrogen and oxygen atoms in total. The third-order valence-electron chi connectivity index (χ3n) is 4.68. The summed E-state index contributed by atoms with van der Waals surface area (Å²) in [5.41, 5.74) is 2.11. The fourth-order valence-electron chi connectivity index (χ4n) is 3.08. The van der Waals surface area contributed by atoms with Crippen LogP contribution < -0.4 is 0 Å². The average Bonchev–Trinajstić information content (AvgIpc) is 3.31. The monoisotopic (exact) mass is 417 g/mol. The Morgan fingerprint density at radius 1 is 1.11 bits per heavy atom. The van der Waals surface area contributed by atoms with Crippen LogP contribution in [0.1, 0.15) is 30.0 Å². The Hall–Kier alpha value is -1.96. The summed E-state index contributed by atoms with van der Waals surface area (Å²) in [5.74, 6) is 0. The molecule has 3 rings (SSSR count). The van der Waals surface area contributed by atoms with Crippen LogP contribution in [-0.4, -0.2) is 35.2 Å². The molecule has 2 heterocycles. The van der Waals surface area contributed by atoms with E-state index >= 15 is 0 Å². The molecule has 0 unspecified atom stereocenters. The van der Waals surface area contributed by atoms with Crippen LogP contribution in [0, 0.1) is 0 Å². The third kappa shape index (κ3) is 4.90. The molecule has 3 aromatic rings. The minimum Gasteiger partial charge on any atom is -0.317 e. The molecule has 0 bridgehead atoms. The Morgan fingerprint density at radius 3 is 2.50 bits per heavy atom. The van der Waals surface area contributed by atoms with E-state index in [-0.39, 0.29) is 5.16 Å². The first-order chi connectivity index (χ1) is 13.4. The van der Waals surface area contributed by atoms with E-state index in [1.807, 2.05) is 35.9 Å². The lowest BCUT2D eigenvalue weighted by Gasteiger charge is -2.18. The zero-order chi connectivity index (χ0) is 20.1. The van der Waals surface area contributed by atoms with Gasteiger partial charge in [-0.3, -0.25) is 4.90 Å². The molecule has 0 saturated carbocycles. The number of thiophene rings is 1. The van der Waals surface area contributed by atoms with Gasteiger partial charge in [0.15, 0.2) is 0 Å². The van der Waals surface area contributed by atoms with Gasteiger partial charge in [-0.15, -0.1) is 11.3 Å². The lowest BCUT2D eigenvalue weighted by Crippen LogP contribution is -2.23. The van der Waals surface area contributed by atoms with Crippen LogP contribution in [0.4, 0.5) is 0 Å². The number of hydrogen-bond acceptors (Lipinski definition) is 5. The summed E-state index contributed by atoms with van der Waals surface area (Å²) in [6.07, 6.45) is 2.48. The molecule has 0 saturated heterocycles. The van der Waals surface area contributed by atoms with Crippen molar-refractivity contribution >= 4 is 21.2 Å². The van der Waals surface area contributed by atoms with Crippen molar-refractivity contribution in [1.82, 2.24) is 14.5 Å². The summed E-state index contributed by atoms with van der Waals surface area (Å²) >= 11 is 1.73. The quantitative estimate of drug-likeness (QED) is 0.528. The second-order valence-corrected chi connectivity index (χ2v) is 10.7. The van der Waals surface area contributed by atoms with E-state index in [4.69, 9.17) is 0 Å². The van der Waals surface area contributed by atoms with E-state index < -0.39 is 15.1 Å². The highest BCUT2D eigenvalue weighted by molar-refractivity contribution is 7.91. The minimum absolute atomic E-state index is 0.179. The Bertz CT molecular complexity index is 978. The van der Waals surface area contributed by atoms with Gasteiger partial charge in [-0.05, 0) is 44.3 Å². The molecule has 0 spiro atoms. The smallest absolute Gasteiger partial charge is 0.228 e. The average molecular weight is 418 g/mol. The molecule has 0 aliphatic rings. The summed E-state index contributed by atoms with van der Waals surface area (Å²) in [7, 11) is -1.39. The van der Waals surface area contributed by atoms with Crippen LogP contribution in [0.15, 0.2) is 59.2 Å². The second kappa shape index (κ2) is 9.03. The van der Waals surface area contributed by atoms with Gasteiger partial charge in [0.05, 0.1) is 17.1 Å². The highest BCUT2D eigenvalue weighted by atomic mass is 32.2. The normalized spacial score (nSPS) is 12.2. The number of aromatic nitrogens is 2. The number of benzene rings is 1. The molecule has 0 amide bonds. The summed E-state index contributed by atoms with van der Waals surface area (Å²) in [6.45, 7) is 5.47. The number of rotatable bonds is 9. The first-order valence-corrected chi connectivity index (χ1v) is 11.8. The van der Waals surface area contributed by atoms with E-state index in [1.165, 1.54) is 10.4 Å². The second-order valence-electron chi connectivity index (χ2n) is 7.26. The molecule has 0 radical (unpaired) electrons. The molecule has 0 aliphatic carbocycles. The van der Waals surface area contributed by atoms with Crippen molar-refractivity contribution in [1.29, 1.82) is 0 Å². The van der Waals surface area contributed by atoms with E-state index in [9.17, 15) is 8.42 Å². The van der Waals surface area contributed by atoms with Gasteiger partial charge in [0.25, 0.3) is 0 Å². The molecule has 28 heavy (non-hydrogen) atoms. The van der Waals surface area contributed by atoms with Crippen LogP contribution in [0.5, 0.6) is 0 Å². The molecule has 1 aromatic carbocycles. The van der Waals surface area contributed by atoms with Gasteiger partial charge in [-0.1, -0.05) is 36.4 Å². The topological polar surface area (TPSA) is 55.2 Å². The van der Waals surface area contributed by atoms with Crippen LogP contribution in [0.25, 0.3) is 0 Å². The van der Waals surface area contributed by atoms with Gasteiger partial charge in [0, 0.05) is 24.5 Å². The van der Waals surface area contributed by atoms with Crippen molar-refractivity contribution in [2.24, 2.45) is 0 Å². The summed E-state index contributed by atoms with van der Waals surface area (Å²) < 4.78 is 27.5. The van der Waals surface area contributed by atoms with Crippen molar-refractivity contribution < 1.29 is 8.42 Å². The lowest BCUT2D eigenvalue weighted by molar-refractivity contribution is 0.310. The molecule has 150 valence electrons. The van der Waals surface area contributed by atoms with Crippen molar-refractivity contribution in [3.05, 3.63) is 70.2 Å². The molecular formula is C21H27N3O2S2. The molecule has 7 heteroatoms. The zero-order valence-electron chi connectivity index (χ0n) is 16.6. The predicted molar refractivity (Wildman–Crippen MR) is 114 cm³/mol. The number of imidazole rings is 1. The van der Waals surface area contributed by atoms with Gasteiger partial charge in [-0.2, -0.15) is 0 Å². The van der Waals surface area contributed by atoms with E-state index in [2.05, 4.69) is 33.5 Å². The number of hydrogen-bond donors (Lipinski definition) is 0. The number of nitrogens with zero attached hydrogens (tertiary/aromatic N) is 3. The highest BCUT2D eigenvalue weighted by Gasteiger charge is 2.26. The Kier molecular flexibility index (Phi) is 6.69. The maximum absolute atomic E-state index is 12.8. The fourth-order valence-corrected chi connectivity index (χ4v) is 5.00. The molecular weight excluding hydrogens is 390 g/mol. The number of sulfone groups is 1. The first kappa shape index (κ1) is 20.8. The third-order valence-corrected chi connectivity index (χ3v) is 7.62. The van der Waals surface area contributed by atoms with Crippen LogP contribution in [0.3, 0.4) is 0 Å². The van der Waals surface area contributed by atoms with Gasteiger partial charge in [0.1, 0.15) is 0 Å². The van der Waals surface area contributed by atoms with Gasteiger partial charge >= 0.3 is 0 Å². The summed E-state index contributed by atoms with van der Waals surface area (Å²) in [6, 6.07) is 14.3. The largest absolute Gasteiger partial charge is 0.317 e. The van der Waals surface area contributed by atoms with Crippen molar-refractivity contribution in [2.45, 2.75) is 50.3 Å². The van der Waals surface area contributed by atoms with Gasteiger partial charge < -0.3 is 4.57 Å². The van der Waals surface area contributed by atoms with Gasteiger partial charge in [0.2, 0.25) is 15.0 Å². The van der Waals surface area contributed by atoms with Crippen molar-refractivity contribution in [2.75, 3.05) is 7.05 Å². The molecule has 0 N–H and O–H groups in total. The number of aryl methyl sites for hydroxylation is 1. The van der Waals surface area contributed by atoms with E-state index in [1.54, 1.807) is 31.4 Å². The maximum Gasteiger partial charge on any atom is 0.228 e. The lowest BCUT2D eigenvalue weighted by atomic mass is 10.1. The van der Waals surface area contributed by atoms with Crippen LogP contribution >= 0.6 is 11.3 Å². The molecule has 2 aromatic heterocycles. The molecule has 0 fully saturated rings. The predicted octanol–water partition coefficient (Wildman–Crippen LogP) is 4.00. The van der Waals surface area contributed by atoms with Crippen LogP contribution in [0.2, 0.25) is 0 Å². The van der Waals surface area contributed by atoms with Crippen molar-refractivity contribution in [3.8, 4) is 0 Å². The Morgan fingerprint density at radius 2 is 1.86 bits per heavy atom. The zero-order valence-corrected chi connectivity index (χ0v) is 18.2. The molecule has 0 aliphatic heterocycles. The van der Waals surface area contributed by atoms with E-state index in [0.717, 1.165) is 18.7 Å². The standard InChI is InChI=1S/C21H27N3O2S2/c1-17(2)28(25,26)21-22-14-19(15-23(3)16-20-10-7-13-27-20)24(21)12-11-18-8-5-4-6-9-18/h4-10,13-14,17H,11-12,15-16H2,1-3H3. The SMILES string of the molecule is CC(C)S(=O)(=O)c1ncc(CN(C)Cc2cccs2)n1CCc1ccccc1. The van der Waals surface area contributed by atoms with Gasteiger partial charge in [-0.25, -0.2) is 13.4 Å².